The quantitative estimate of drug-likeness (QED) is 0.674. The Kier molecular flexibility index (Phi) is 8.58. The van der Waals surface area contributed by atoms with Crippen LogP contribution in [-0.4, -0.2) is 67.0 Å². The zero-order valence-corrected chi connectivity index (χ0v) is 16.9. The Morgan fingerprint density at radius 2 is 1.78 bits per heavy atom. The fourth-order valence-corrected chi connectivity index (χ4v) is 2.95. The van der Waals surface area contributed by atoms with Crippen LogP contribution < -0.4 is 10.1 Å². The SMILES string of the molecule is CCCCOc1ccc(C(=O)N2CCN(CC(=O)NC(C)CC)CC2)cc1. The summed E-state index contributed by atoms with van der Waals surface area (Å²) in [6, 6.07) is 7.58. The molecule has 0 radical (unpaired) electrons. The minimum Gasteiger partial charge on any atom is -0.494 e. The lowest BCUT2D eigenvalue weighted by Crippen LogP contribution is -2.51. The minimum absolute atomic E-state index is 0.0406. The molecule has 1 aromatic rings. The van der Waals surface area contributed by atoms with E-state index in [0.717, 1.165) is 38.1 Å². The van der Waals surface area contributed by atoms with Crippen LogP contribution in [0, 0.1) is 0 Å². The highest BCUT2D eigenvalue weighted by Gasteiger charge is 2.23. The second-order valence-corrected chi connectivity index (χ2v) is 7.17. The van der Waals surface area contributed by atoms with Gasteiger partial charge in [0.25, 0.3) is 5.91 Å². The summed E-state index contributed by atoms with van der Waals surface area (Å²) in [5.74, 6) is 0.902. The number of nitrogens with zero attached hydrogens (tertiary/aromatic N) is 2. The van der Waals surface area contributed by atoms with Gasteiger partial charge in [-0.15, -0.1) is 0 Å². The van der Waals surface area contributed by atoms with Gasteiger partial charge in [0.05, 0.1) is 13.2 Å². The third-order valence-corrected chi connectivity index (χ3v) is 4.91. The summed E-state index contributed by atoms with van der Waals surface area (Å²) in [5.41, 5.74) is 0.681. The summed E-state index contributed by atoms with van der Waals surface area (Å²) in [7, 11) is 0. The number of amides is 2. The van der Waals surface area contributed by atoms with E-state index in [1.807, 2.05) is 36.1 Å². The number of rotatable bonds is 9. The fourth-order valence-electron chi connectivity index (χ4n) is 2.95. The third kappa shape index (κ3) is 6.86. The van der Waals surface area contributed by atoms with E-state index in [1.54, 1.807) is 0 Å². The Hall–Kier alpha value is -2.08. The lowest BCUT2D eigenvalue weighted by Gasteiger charge is -2.34. The van der Waals surface area contributed by atoms with Gasteiger partial charge >= 0.3 is 0 Å². The highest BCUT2D eigenvalue weighted by atomic mass is 16.5. The van der Waals surface area contributed by atoms with E-state index in [0.29, 0.717) is 31.8 Å². The average Bonchev–Trinajstić information content (AvgIpc) is 2.68. The van der Waals surface area contributed by atoms with E-state index in [1.165, 1.54) is 0 Å². The van der Waals surface area contributed by atoms with Crippen molar-refractivity contribution in [2.45, 2.75) is 46.1 Å². The molecule has 2 rings (SSSR count). The molecule has 1 aliphatic rings. The molecule has 2 amide bonds. The summed E-state index contributed by atoms with van der Waals surface area (Å²) in [5, 5.41) is 2.99. The van der Waals surface area contributed by atoms with Gasteiger partial charge in [-0.2, -0.15) is 0 Å². The molecule has 0 aliphatic carbocycles. The predicted octanol–water partition coefficient (Wildman–Crippen LogP) is 2.54. The summed E-state index contributed by atoms with van der Waals surface area (Å²) in [4.78, 5) is 28.6. The molecule has 0 saturated carbocycles. The Labute approximate surface area is 162 Å². The molecule has 6 heteroatoms. The molecule has 0 bridgehead atoms. The molecule has 150 valence electrons. The summed E-state index contributed by atoms with van der Waals surface area (Å²) >= 11 is 0. The largest absolute Gasteiger partial charge is 0.494 e. The second kappa shape index (κ2) is 10.9. The van der Waals surface area contributed by atoms with Crippen molar-refractivity contribution in [3.05, 3.63) is 29.8 Å². The fraction of sp³-hybridized carbons (Fsp3) is 0.619. The summed E-state index contributed by atoms with van der Waals surface area (Å²) in [6.45, 7) is 10.0. The van der Waals surface area contributed by atoms with Crippen molar-refractivity contribution in [3.63, 3.8) is 0 Å². The Morgan fingerprint density at radius 3 is 2.37 bits per heavy atom. The van der Waals surface area contributed by atoms with E-state index in [9.17, 15) is 9.59 Å². The Morgan fingerprint density at radius 1 is 1.11 bits per heavy atom. The highest BCUT2D eigenvalue weighted by Crippen LogP contribution is 2.15. The number of benzene rings is 1. The molecule has 0 spiro atoms. The van der Waals surface area contributed by atoms with Crippen molar-refractivity contribution in [1.29, 1.82) is 0 Å². The number of carbonyl (C=O) groups is 2. The van der Waals surface area contributed by atoms with Gasteiger partial charge < -0.3 is 15.0 Å². The van der Waals surface area contributed by atoms with Gasteiger partial charge in [0.1, 0.15) is 5.75 Å². The molecule has 27 heavy (non-hydrogen) atoms. The number of hydrogen-bond acceptors (Lipinski definition) is 4. The number of nitrogens with one attached hydrogen (secondary N) is 1. The maximum atomic E-state index is 12.7. The van der Waals surface area contributed by atoms with Crippen LogP contribution in [0.4, 0.5) is 0 Å². The predicted molar refractivity (Wildman–Crippen MR) is 107 cm³/mol. The van der Waals surface area contributed by atoms with Gasteiger partial charge in [0.15, 0.2) is 0 Å². The smallest absolute Gasteiger partial charge is 0.253 e. The van der Waals surface area contributed by atoms with Gasteiger partial charge in [0, 0.05) is 37.8 Å². The van der Waals surface area contributed by atoms with Crippen LogP contribution >= 0.6 is 0 Å². The maximum absolute atomic E-state index is 12.7. The highest BCUT2D eigenvalue weighted by molar-refractivity contribution is 5.94. The zero-order valence-electron chi connectivity index (χ0n) is 16.9. The number of piperazine rings is 1. The van der Waals surface area contributed by atoms with Gasteiger partial charge in [0.2, 0.25) is 5.91 Å². The van der Waals surface area contributed by atoms with Crippen LogP contribution in [0.5, 0.6) is 5.75 Å². The molecule has 1 fully saturated rings. The van der Waals surface area contributed by atoms with Gasteiger partial charge in [-0.05, 0) is 44.0 Å². The number of hydrogen-bond donors (Lipinski definition) is 1. The standard InChI is InChI=1S/C21H33N3O3/c1-4-6-15-27-19-9-7-18(8-10-19)21(26)24-13-11-23(12-14-24)16-20(25)22-17(3)5-2/h7-10,17H,4-6,11-16H2,1-3H3,(H,22,25). The third-order valence-electron chi connectivity index (χ3n) is 4.91. The van der Waals surface area contributed by atoms with Gasteiger partial charge in [-0.25, -0.2) is 0 Å². The Balaban J connectivity index is 1.78. The molecular formula is C21H33N3O3. The molecule has 1 saturated heterocycles. The van der Waals surface area contributed by atoms with E-state index >= 15 is 0 Å². The van der Waals surface area contributed by atoms with E-state index < -0.39 is 0 Å². The number of unbranched alkanes of at least 4 members (excludes halogenated alkanes) is 1. The maximum Gasteiger partial charge on any atom is 0.253 e. The lowest BCUT2D eigenvalue weighted by molar-refractivity contribution is -0.123. The summed E-state index contributed by atoms with van der Waals surface area (Å²) in [6.07, 6.45) is 3.05. The van der Waals surface area contributed by atoms with Crippen LogP contribution in [0.25, 0.3) is 0 Å². The molecule has 1 N–H and O–H groups in total. The molecule has 1 unspecified atom stereocenters. The van der Waals surface area contributed by atoms with Crippen molar-refractivity contribution < 1.29 is 14.3 Å². The van der Waals surface area contributed by atoms with Crippen molar-refractivity contribution in [2.24, 2.45) is 0 Å². The molecule has 1 atom stereocenters. The molecule has 1 aromatic carbocycles. The number of ether oxygens (including phenoxy) is 1. The molecule has 1 aliphatic heterocycles. The van der Waals surface area contributed by atoms with E-state index in [4.69, 9.17) is 4.74 Å². The van der Waals surface area contributed by atoms with Gasteiger partial charge in [-0.3, -0.25) is 14.5 Å². The van der Waals surface area contributed by atoms with Crippen LogP contribution in [0.2, 0.25) is 0 Å². The monoisotopic (exact) mass is 375 g/mol. The lowest BCUT2D eigenvalue weighted by atomic mass is 10.1. The van der Waals surface area contributed by atoms with Crippen molar-refractivity contribution in [3.8, 4) is 5.75 Å². The first kappa shape index (κ1) is 21.2. The zero-order chi connectivity index (χ0) is 19.6. The summed E-state index contributed by atoms with van der Waals surface area (Å²) < 4.78 is 5.64. The van der Waals surface area contributed by atoms with Crippen LogP contribution in [0.15, 0.2) is 24.3 Å². The van der Waals surface area contributed by atoms with Gasteiger partial charge in [-0.1, -0.05) is 20.3 Å². The second-order valence-electron chi connectivity index (χ2n) is 7.17. The van der Waals surface area contributed by atoms with Crippen molar-refractivity contribution in [1.82, 2.24) is 15.1 Å². The molecule has 6 nitrogen and oxygen atoms in total. The first-order valence-corrected chi connectivity index (χ1v) is 10.1. The number of carbonyl (C=O) groups excluding carboxylic acids is 2. The topological polar surface area (TPSA) is 61.9 Å². The average molecular weight is 376 g/mol. The van der Waals surface area contributed by atoms with Crippen LogP contribution in [-0.2, 0) is 4.79 Å². The minimum atomic E-state index is 0.0406. The van der Waals surface area contributed by atoms with Crippen LogP contribution in [0.3, 0.4) is 0 Å². The Bertz CT molecular complexity index is 595. The first-order valence-electron chi connectivity index (χ1n) is 10.1. The molecule has 1 heterocycles. The molecular weight excluding hydrogens is 342 g/mol. The van der Waals surface area contributed by atoms with Crippen molar-refractivity contribution >= 4 is 11.8 Å². The van der Waals surface area contributed by atoms with E-state index in [-0.39, 0.29) is 17.9 Å². The van der Waals surface area contributed by atoms with Crippen LogP contribution in [0.1, 0.15) is 50.4 Å². The molecule has 0 aromatic heterocycles. The van der Waals surface area contributed by atoms with E-state index in [2.05, 4.69) is 24.1 Å². The van der Waals surface area contributed by atoms with Crippen molar-refractivity contribution in [2.75, 3.05) is 39.3 Å². The first-order chi connectivity index (χ1) is 13.0. The normalized spacial score (nSPS) is 16.0.